The van der Waals surface area contributed by atoms with Crippen LogP contribution in [-0.4, -0.2) is 89.6 Å². The van der Waals surface area contributed by atoms with Crippen LogP contribution >= 0.6 is 11.3 Å². The first-order valence-corrected chi connectivity index (χ1v) is 25.0. The van der Waals surface area contributed by atoms with Gasteiger partial charge in [0.2, 0.25) is 27.8 Å². The largest absolute Gasteiger partial charge is 0.490 e. The van der Waals surface area contributed by atoms with Gasteiger partial charge in [0.15, 0.2) is 5.82 Å². The van der Waals surface area contributed by atoms with Crippen molar-refractivity contribution in [3.05, 3.63) is 89.4 Å². The summed E-state index contributed by atoms with van der Waals surface area (Å²) < 4.78 is 50.2. The lowest BCUT2D eigenvalue weighted by atomic mass is 9.79. The van der Waals surface area contributed by atoms with Crippen LogP contribution in [0.3, 0.4) is 0 Å². The van der Waals surface area contributed by atoms with Crippen molar-refractivity contribution in [2.75, 3.05) is 53.4 Å². The molecule has 0 bridgehead atoms. The monoisotopic (exact) mass is 923 g/mol. The number of ether oxygens (including phenoxy) is 1. The topological polar surface area (TPSA) is 172 Å². The lowest BCUT2D eigenvalue weighted by Crippen LogP contribution is -2.48. The van der Waals surface area contributed by atoms with Gasteiger partial charge in [0, 0.05) is 74.3 Å². The maximum Gasteiger partial charge on any atom is 0.234 e. The Morgan fingerprint density at radius 3 is 2.45 bits per heavy atom. The molecular formula is C48H58FN9O5S2. The first kappa shape index (κ1) is 46.0. The van der Waals surface area contributed by atoms with Crippen LogP contribution in [-0.2, 0) is 25.0 Å². The number of piperidine rings is 3. The number of pyridine rings is 1. The van der Waals surface area contributed by atoms with E-state index in [1.54, 1.807) is 37.5 Å². The summed E-state index contributed by atoms with van der Waals surface area (Å²) in [4.78, 5) is 48.4. The van der Waals surface area contributed by atoms with Gasteiger partial charge in [-0.05, 0) is 85.9 Å². The second-order valence-corrected chi connectivity index (χ2v) is 21.6. The standard InChI is InChI=1S/C48H58FN9O5S2/c1-6-27-65(61,62)56-37-12-8-11-36(41(37)49)42-43(64-45(55-42)47(2,3)4)38-17-22-50-46(53-38)52-32-9-7-10-34(28-32)63-33-18-23-57(24-19-33)30-48(5)20-25-58(26-21-48)39-15-13-31(29-51-39)35-14-16-40(59)54-44(35)60/h7-13,15,17,22,28-29,33,35,56H,6,14,16,18-21,23-27,30H2,1-5H3,(H,50,52,53)(H,54,59,60)/t35-/m0/s1. The second kappa shape index (κ2) is 19.1. The number of sulfonamides is 1. The fraction of sp³-hybridized carbons (Fsp3) is 0.458. The molecule has 1 atom stereocenters. The van der Waals surface area contributed by atoms with E-state index in [-0.39, 0.29) is 51.7 Å². The van der Waals surface area contributed by atoms with E-state index >= 15 is 4.39 Å². The highest BCUT2D eigenvalue weighted by Gasteiger charge is 2.35. The number of imide groups is 1. The van der Waals surface area contributed by atoms with Gasteiger partial charge in [0.05, 0.1) is 38.6 Å². The summed E-state index contributed by atoms with van der Waals surface area (Å²) in [5.74, 6) is 0.441. The number of halogens is 1. The number of anilines is 4. The Labute approximate surface area is 384 Å². The second-order valence-electron chi connectivity index (χ2n) is 18.8. The number of amides is 2. The SMILES string of the molecule is CCCS(=O)(=O)Nc1cccc(-c2nc(C(C)(C)C)sc2-c2ccnc(Nc3cccc(OC4CCN(CC5(C)CCN(c6ccc([C@@H]7CCC(=O)NC7=O)cn6)CC5)CC4)c3)n2)c1F. The summed E-state index contributed by atoms with van der Waals surface area (Å²) in [7, 11) is -3.72. The number of nitrogens with zero attached hydrogens (tertiary/aromatic N) is 6. The molecule has 3 aromatic heterocycles. The van der Waals surface area contributed by atoms with E-state index in [0.29, 0.717) is 41.5 Å². The molecule has 8 rings (SSSR count). The van der Waals surface area contributed by atoms with E-state index in [1.807, 2.05) is 57.2 Å². The number of likely N-dealkylation sites (tertiary alicyclic amines) is 1. The van der Waals surface area contributed by atoms with Crippen molar-refractivity contribution in [1.82, 2.24) is 30.2 Å². The first-order valence-electron chi connectivity index (χ1n) is 22.5. The molecule has 0 aliphatic carbocycles. The molecule has 3 N–H and O–H groups in total. The van der Waals surface area contributed by atoms with Gasteiger partial charge < -0.3 is 19.9 Å². The van der Waals surface area contributed by atoms with Crippen LogP contribution in [0.15, 0.2) is 73.1 Å². The molecule has 6 heterocycles. The molecule has 2 aromatic carbocycles. The summed E-state index contributed by atoms with van der Waals surface area (Å²) in [5.41, 5.74) is 2.45. The maximum absolute atomic E-state index is 16.1. The minimum absolute atomic E-state index is 0.0903. The summed E-state index contributed by atoms with van der Waals surface area (Å²) in [6, 6.07) is 18.2. The van der Waals surface area contributed by atoms with Crippen molar-refractivity contribution in [3.63, 3.8) is 0 Å². The lowest BCUT2D eigenvalue weighted by Gasteiger charge is -2.44. The van der Waals surface area contributed by atoms with Crippen LogP contribution in [0.5, 0.6) is 5.75 Å². The van der Waals surface area contributed by atoms with Crippen molar-refractivity contribution >= 4 is 56.3 Å². The Balaban J connectivity index is 0.862. The number of nitrogens with one attached hydrogen (secondary N) is 3. The van der Waals surface area contributed by atoms with Gasteiger partial charge in [-0.3, -0.25) is 19.6 Å². The summed E-state index contributed by atoms with van der Waals surface area (Å²) in [6.07, 6.45) is 8.79. The normalized spacial score (nSPS) is 18.6. The molecule has 0 radical (unpaired) electrons. The molecule has 3 aliphatic heterocycles. The molecule has 0 spiro atoms. The van der Waals surface area contributed by atoms with Crippen molar-refractivity contribution in [2.45, 2.75) is 97.0 Å². The van der Waals surface area contributed by atoms with E-state index in [9.17, 15) is 18.0 Å². The van der Waals surface area contributed by atoms with Crippen LogP contribution < -0.4 is 25.0 Å². The minimum atomic E-state index is -3.72. The highest BCUT2D eigenvalue weighted by Crippen LogP contribution is 2.42. The highest BCUT2D eigenvalue weighted by atomic mass is 32.2. The van der Waals surface area contributed by atoms with Gasteiger partial charge in [-0.15, -0.1) is 11.3 Å². The van der Waals surface area contributed by atoms with Gasteiger partial charge >= 0.3 is 0 Å². The Morgan fingerprint density at radius 2 is 1.74 bits per heavy atom. The molecule has 17 heteroatoms. The zero-order valence-electron chi connectivity index (χ0n) is 37.7. The van der Waals surface area contributed by atoms with Crippen LogP contribution in [0, 0.1) is 11.2 Å². The summed E-state index contributed by atoms with van der Waals surface area (Å²) in [5, 5.41) is 6.55. The third kappa shape index (κ3) is 11.1. The van der Waals surface area contributed by atoms with Gasteiger partial charge in [-0.2, -0.15) is 0 Å². The Bertz CT molecular complexity index is 2620. The zero-order valence-corrected chi connectivity index (χ0v) is 39.3. The molecule has 14 nitrogen and oxygen atoms in total. The molecule has 2 amide bonds. The highest BCUT2D eigenvalue weighted by molar-refractivity contribution is 7.92. The number of hydrogen-bond acceptors (Lipinski definition) is 13. The minimum Gasteiger partial charge on any atom is -0.490 e. The number of carbonyl (C=O) groups excluding carboxylic acids is 2. The van der Waals surface area contributed by atoms with E-state index in [1.165, 1.54) is 17.4 Å². The zero-order chi connectivity index (χ0) is 45.9. The molecule has 0 unspecified atom stereocenters. The van der Waals surface area contributed by atoms with E-state index in [2.05, 4.69) is 37.1 Å². The predicted molar refractivity (Wildman–Crippen MR) is 254 cm³/mol. The van der Waals surface area contributed by atoms with E-state index in [4.69, 9.17) is 19.7 Å². The molecule has 3 saturated heterocycles. The Hall–Kier alpha value is -5.52. The third-order valence-corrected chi connectivity index (χ3v) is 15.4. The number of rotatable bonds is 14. The van der Waals surface area contributed by atoms with Gasteiger partial charge in [-0.25, -0.2) is 32.7 Å². The molecular weight excluding hydrogens is 866 g/mol. The van der Waals surface area contributed by atoms with Gasteiger partial charge in [0.1, 0.15) is 17.7 Å². The quantitative estimate of drug-likeness (QED) is 0.0907. The molecule has 5 aromatic rings. The smallest absolute Gasteiger partial charge is 0.234 e. The summed E-state index contributed by atoms with van der Waals surface area (Å²) >= 11 is 1.42. The van der Waals surface area contributed by atoms with Crippen molar-refractivity contribution in [1.29, 1.82) is 0 Å². The molecule has 3 fully saturated rings. The van der Waals surface area contributed by atoms with Crippen molar-refractivity contribution in [2.24, 2.45) is 5.41 Å². The van der Waals surface area contributed by atoms with Gasteiger partial charge in [0.25, 0.3) is 0 Å². The van der Waals surface area contributed by atoms with Crippen LogP contribution in [0.1, 0.15) is 96.1 Å². The van der Waals surface area contributed by atoms with Crippen LogP contribution in [0.2, 0.25) is 0 Å². The fourth-order valence-electron chi connectivity index (χ4n) is 8.75. The predicted octanol–water partition coefficient (Wildman–Crippen LogP) is 8.66. The molecule has 0 saturated carbocycles. The average Bonchev–Trinajstić information content (AvgIpc) is 3.72. The molecule has 65 heavy (non-hydrogen) atoms. The number of benzene rings is 2. The van der Waals surface area contributed by atoms with Gasteiger partial charge in [-0.1, -0.05) is 52.8 Å². The lowest BCUT2D eigenvalue weighted by molar-refractivity contribution is -0.134. The maximum atomic E-state index is 16.1. The Morgan fingerprint density at radius 1 is 0.969 bits per heavy atom. The number of carbonyl (C=O) groups is 2. The van der Waals surface area contributed by atoms with Crippen molar-refractivity contribution in [3.8, 4) is 27.6 Å². The van der Waals surface area contributed by atoms with Crippen LogP contribution in [0.25, 0.3) is 21.8 Å². The fourth-order valence-corrected chi connectivity index (χ4v) is 11.0. The molecule has 3 aliphatic rings. The van der Waals surface area contributed by atoms with Crippen molar-refractivity contribution < 1.29 is 27.1 Å². The van der Waals surface area contributed by atoms with E-state index in [0.717, 1.165) is 86.2 Å². The van der Waals surface area contributed by atoms with E-state index < -0.39 is 15.8 Å². The van der Waals surface area contributed by atoms with Crippen LogP contribution in [0.4, 0.5) is 27.5 Å². The molecule has 344 valence electrons. The first-order chi connectivity index (χ1) is 31.0. The summed E-state index contributed by atoms with van der Waals surface area (Å²) in [6.45, 7) is 15.1. The third-order valence-electron chi connectivity index (χ3n) is 12.4. The number of aromatic nitrogens is 4. The number of thiazole rings is 1. The number of hydrogen-bond donors (Lipinski definition) is 3. The average molecular weight is 924 g/mol. The Kier molecular flexibility index (Phi) is 13.6.